The molecule has 2 heterocycles. The van der Waals surface area contributed by atoms with Gasteiger partial charge < -0.3 is 4.57 Å². The standard InChI is InChI=1S/C37H25NS/c1-24-9-7-12-26(21-24)28-17-19-34-31(22-28)29-13-5-6-15-33(29)38(34)35-16-8-14-30-32-23-27(25-10-3-2-4-11-25)18-20-36(32)39-37(30)35/h2-23H,1H3. The van der Waals surface area contributed by atoms with E-state index in [4.69, 9.17) is 0 Å². The molecule has 0 amide bonds. The van der Waals surface area contributed by atoms with Gasteiger partial charge in [0.1, 0.15) is 0 Å². The van der Waals surface area contributed by atoms with Crippen LogP contribution in [0.15, 0.2) is 133 Å². The maximum Gasteiger partial charge on any atom is 0.0640 e. The van der Waals surface area contributed by atoms with Gasteiger partial charge in [-0.1, -0.05) is 103 Å². The summed E-state index contributed by atoms with van der Waals surface area (Å²) in [5.74, 6) is 0. The normalized spacial score (nSPS) is 11.7. The van der Waals surface area contributed by atoms with Gasteiger partial charge in [-0.15, -0.1) is 11.3 Å². The number of nitrogens with zero attached hydrogens (tertiary/aromatic N) is 1. The minimum atomic E-state index is 1.24. The summed E-state index contributed by atoms with van der Waals surface area (Å²) in [5.41, 5.74) is 10.0. The highest BCUT2D eigenvalue weighted by atomic mass is 32.1. The van der Waals surface area contributed by atoms with Crippen LogP contribution in [-0.2, 0) is 0 Å². The van der Waals surface area contributed by atoms with E-state index >= 15 is 0 Å². The summed E-state index contributed by atoms with van der Waals surface area (Å²) in [6.07, 6.45) is 0. The van der Waals surface area contributed by atoms with E-state index in [1.807, 2.05) is 11.3 Å². The Morgan fingerprint density at radius 1 is 0.462 bits per heavy atom. The lowest BCUT2D eigenvalue weighted by Gasteiger charge is -2.10. The van der Waals surface area contributed by atoms with Crippen molar-refractivity contribution in [3.8, 4) is 27.9 Å². The second-order valence-electron chi connectivity index (χ2n) is 10.3. The van der Waals surface area contributed by atoms with E-state index in [1.54, 1.807) is 0 Å². The van der Waals surface area contributed by atoms with Crippen LogP contribution < -0.4 is 0 Å². The third-order valence-corrected chi connectivity index (χ3v) is 9.06. The van der Waals surface area contributed by atoms with Gasteiger partial charge in [-0.2, -0.15) is 0 Å². The van der Waals surface area contributed by atoms with Gasteiger partial charge in [-0.25, -0.2) is 0 Å². The van der Waals surface area contributed by atoms with Crippen molar-refractivity contribution in [3.63, 3.8) is 0 Å². The minimum Gasteiger partial charge on any atom is -0.308 e. The van der Waals surface area contributed by atoms with Gasteiger partial charge in [0.2, 0.25) is 0 Å². The first-order chi connectivity index (χ1) is 19.2. The highest BCUT2D eigenvalue weighted by Crippen LogP contribution is 2.42. The van der Waals surface area contributed by atoms with Gasteiger partial charge in [0, 0.05) is 26.2 Å². The summed E-state index contributed by atoms with van der Waals surface area (Å²) in [6, 6.07) is 48.8. The number of aromatic nitrogens is 1. The number of hydrogen-bond acceptors (Lipinski definition) is 1. The van der Waals surface area contributed by atoms with Crippen LogP contribution in [0.4, 0.5) is 0 Å². The van der Waals surface area contributed by atoms with E-state index in [0.29, 0.717) is 0 Å². The van der Waals surface area contributed by atoms with Crippen molar-refractivity contribution in [2.24, 2.45) is 0 Å². The maximum atomic E-state index is 2.46. The summed E-state index contributed by atoms with van der Waals surface area (Å²) in [6.45, 7) is 2.16. The van der Waals surface area contributed by atoms with Crippen LogP contribution in [0, 0.1) is 6.92 Å². The zero-order chi connectivity index (χ0) is 25.9. The predicted octanol–water partition coefficient (Wildman–Crippen LogP) is 10.8. The molecule has 0 saturated heterocycles. The molecule has 184 valence electrons. The molecule has 6 aromatic carbocycles. The minimum absolute atomic E-state index is 1.24. The van der Waals surface area contributed by atoms with E-state index < -0.39 is 0 Å². The lowest BCUT2D eigenvalue weighted by molar-refractivity contribution is 1.20. The largest absolute Gasteiger partial charge is 0.308 e. The van der Waals surface area contributed by atoms with Crippen molar-refractivity contribution in [1.82, 2.24) is 4.57 Å². The summed E-state index contributed by atoms with van der Waals surface area (Å²) < 4.78 is 5.10. The summed E-state index contributed by atoms with van der Waals surface area (Å²) >= 11 is 1.89. The first kappa shape index (κ1) is 22.3. The fraction of sp³-hybridized carbons (Fsp3) is 0.0270. The lowest BCUT2D eigenvalue weighted by Crippen LogP contribution is -1.93. The summed E-state index contributed by atoms with van der Waals surface area (Å²) in [7, 11) is 0. The molecule has 0 radical (unpaired) electrons. The Labute approximate surface area is 231 Å². The van der Waals surface area contributed by atoms with Gasteiger partial charge in [-0.3, -0.25) is 0 Å². The predicted molar refractivity (Wildman–Crippen MR) is 169 cm³/mol. The molecule has 0 atom stereocenters. The molecule has 0 unspecified atom stereocenters. The van der Waals surface area contributed by atoms with Crippen LogP contribution in [0.1, 0.15) is 5.56 Å². The van der Waals surface area contributed by atoms with Crippen molar-refractivity contribution in [2.75, 3.05) is 0 Å². The van der Waals surface area contributed by atoms with Crippen molar-refractivity contribution >= 4 is 53.3 Å². The van der Waals surface area contributed by atoms with Gasteiger partial charge >= 0.3 is 0 Å². The quantitative estimate of drug-likeness (QED) is 0.220. The molecule has 0 saturated carbocycles. The number of aryl methyl sites for hydroxylation is 1. The van der Waals surface area contributed by atoms with Gasteiger partial charge in [0.15, 0.2) is 0 Å². The molecule has 0 spiro atoms. The molecule has 8 aromatic rings. The molecule has 0 aliphatic carbocycles. The smallest absolute Gasteiger partial charge is 0.0640 e. The Morgan fingerprint density at radius 2 is 1.13 bits per heavy atom. The number of hydrogen-bond donors (Lipinski definition) is 0. The van der Waals surface area contributed by atoms with Crippen LogP contribution >= 0.6 is 11.3 Å². The highest BCUT2D eigenvalue weighted by molar-refractivity contribution is 7.26. The lowest BCUT2D eigenvalue weighted by atomic mass is 10.0. The van der Waals surface area contributed by atoms with Gasteiger partial charge in [0.25, 0.3) is 0 Å². The molecule has 0 fully saturated rings. The van der Waals surface area contributed by atoms with Gasteiger partial charge in [-0.05, 0) is 65.6 Å². The molecule has 0 bridgehead atoms. The average Bonchev–Trinajstić information content (AvgIpc) is 3.53. The first-order valence-electron chi connectivity index (χ1n) is 13.4. The van der Waals surface area contributed by atoms with Crippen LogP contribution in [0.3, 0.4) is 0 Å². The topological polar surface area (TPSA) is 4.93 Å². The van der Waals surface area contributed by atoms with Crippen molar-refractivity contribution in [2.45, 2.75) is 6.92 Å². The molecular formula is C37H25NS. The molecular weight excluding hydrogens is 490 g/mol. The number of benzene rings is 6. The van der Waals surface area contributed by atoms with Crippen LogP contribution in [0.25, 0.3) is 69.9 Å². The maximum absolute atomic E-state index is 2.46. The van der Waals surface area contributed by atoms with E-state index in [2.05, 4.69) is 145 Å². The Hall–Kier alpha value is -4.66. The van der Waals surface area contributed by atoms with E-state index in [1.165, 1.54) is 75.5 Å². The Morgan fingerprint density at radius 3 is 2.03 bits per heavy atom. The average molecular weight is 516 g/mol. The summed E-state index contributed by atoms with van der Waals surface area (Å²) in [5, 5.41) is 5.20. The zero-order valence-corrected chi connectivity index (χ0v) is 22.4. The highest BCUT2D eigenvalue weighted by Gasteiger charge is 2.17. The van der Waals surface area contributed by atoms with Crippen LogP contribution in [0.5, 0.6) is 0 Å². The molecule has 0 aliphatic rings. The number of thiophene rings is 1. The first-order valence-corrected chi connectivity index (χ1v) is 14.2. The van der Waals surface area contributed by atoms with Crippen molar-refractivity contribution < 1.29 is 0 Å². The molecule has 2 aromatic heterocycles. The fourth-order valence-corrected chi connectivity index (χ4v) is 7.19. The molecule has 39 heavy (non-hydrogen) atoms. The monoisotopic (exact) mass is 515 g/mol. The second-order valence-corrected chi connectivity index (χ2v) is 11.3. The third-order valence-electron chi connectivity index (χ3n) is 7.85. The number of fused-ring (bicyclic) bond motifs is 6. The second kappa shape index (κ2) is 8.69. The van der Waals surface area contributed by atoms with E-state index in [9.17, 15) is 0 Å². The van der Waals surface area contributed by atoms with Crippen molar-refractivity contribution in [1.29, 1.82) is 0 Å². The number of rotatable bonds is 3. The molecule has 1 nitrogen and oxygen atoms in total. The SMILES string of the molecule is Cc1cccc(-c2ccc3c(c2)c2ccccc2n3-c2cccc3c2sc2ccc(-c4ccccc4)cc23)c1. The molecule has 0 aliphatic heterocycles. The van der Waals surface area contributed by atoms with Crippen LogP contribution in [-0.4, -0.2) is 4.57 Å². The fourth-order valence-electron chi connectivity index (χ4n) is 6.01. The Bertz CT molecular complexity index is 2180. The Balaban J connectivity index is 1.38. The van der Waals surface area contributed by atoms with Crippen molar-refractivity contribution in [3.05, 3.63) is 139 Å². The molecule has 8 rings (SSSR count). The summed E-state index contributed by atoms with van der Waals surface area (Å²) in [4.78, 5) is 0. The third kappa shape index (κ3) is 3.53. The van der Waals surface area contributed by atoms with E-state index in [-0.39, 0.29) is 0 Å². The van der Waals surface area contributed by atoms with E-state index in [0.717, 1.165) is 0 Å². The molecule has 2 heteroatoms. The van der Waals surface area contributed by atoms with Gasteiger partial charge in [0.05, 0.1) is 21.4 Å². The zero-order valence-electron chi connectivity index (χ0n) is 21.6. The molecule has 0 N–H and O–H groups in total. The van der Waals surface area contributed by atoms with Crippen LogP contribution in [0.2, 0.25) is 0 Å². The Kier molecular flexibility index (Phi) is 4.98. The number of para-hydroxylation sites is 1.